The van der Waals surface area contributed by atoms with E-state index >= 15 is 0 Å². The lowest BCUT2D eigenvalue weighted by Crippen LogP contribution is -2.32. The van der Waals surface area contributed by atoms with Gasteiger partial charge in [-0.25, -0.2) is 9.18 Å². The summed E-state index contributed by atoms with van der Waals surface area (Å²) >= 11 is 0. The quantitative estimate of drug-likeness (QED) is 0.557. The fourth-order valence-electron chi connectivity index (χ4n) is 2.57. The van der Waals surface area contributed by atoms with Crippen molar-refractivity contribution in [2.24, 2.45) is 0 Å². The highest BCUT2D eigenvalue weighted by Gasteiger charge is 2.13. The first-order chi connectivity index (χ1) is 13.6. The number of rotatable bonds is 8. The zero-order valence-electron chi connectivity index (χ0n) is 15.1. The molecule has 1 atom stereocenters. The Morgan fingerprint density at radius 3 is 2.86 bits per heavy atom. The van der Waals surface area contributed by atoms with E-state index in [-0.39, 0.29) is 12.1 Å². The van der Waals surface area contributed by atoms with Crippen molar-refractivity contribution >= 4 is 11.7 Å². The van der Waals surface area contributed by atoms with Crippen molar-refractivity contribution in [3.05, 3.63) is 78.4 Å². The van der Waals surface area contributed by atoms with Gasteiger partial charge in [0.1, 0.15) is 18.2 Å². The number of carbonyl (C=O) groups is 1. The molecule has 1 heterocycles. The molecule has 0 saturated heterocycles. The van der Waals surface area contributed by atoms with Gasteiger partial charge in [0.2, 0.25) is 0 Å². The van der Waals surface area contributed by atoms with E-state index in [2.05, 4.69) is 15.7 Å². The molecule has 0 aliphatic rings. The molecular weight excluding hydrogens is 363 g/mol. The third kappa shape index (κ3) is 5.55. The van der Waals surface area contributed by atoms with Crippen molar-refractivity contribution in [3.8, 4) is 5.75 Å². The van der Waals surface area contributed by atoms with Crippen LogP contribution in [0.5, 0.6) is 5.75 Å². The number of carbonyl (C=O) groups excluding carboxylic acids is 1. The molecule has 3 rings (SSSR count). The zero-order valence-corrected chi connectivity index (χ0v) is 15.1. The van der Waals surface area contributed by atoms with Gasteiger partial charge in [0.05, 0.1) is 12.6 Å². The largest absolute Gasteiger partial charge is 0.492 e. The predicted molar refractivity (Wildman–Crippen MR) is 103 cm³/mol. The number of aliphatic hydroxyl groups excluding tert-OH is 1. The first-order valence-electron chi connectivity index (χ1n) is 8.79. The van der Waals surface area contributed by atoms with Gasteiger partial charge in [-0.2, -0.15) is 5.10 Å². The molecule has 2 amide bonds. The molecule has 0 bridgehead atoms. The average molecular weight is 384 g/mol. The van der Waals surface area contributed by atoms with Gasteiger partial charge in [0.15, 0.2) is 0 Å². The molecule has 28 heavy (non-hydrogen) atoms. The van der Waals surface area contributed by atoms with Crippen LogP contribution in [-0.2, 0) is 6.54 Å². The summed E-state index contributed by atoms with van der Waals surface area (Å²) in [7, 11) is 0. The molecule has 0 aliphatic carbocycles. The highest BCUT2D eigenvalue weighted by Crippen LogP contribution is 2.18. The molecule has 0 fully saturated rings. The second kappa shape index (κ2) is 9.52. The minimum atomic E-state index is -1.14. The van der Waals surface area contributed by atoms with Crippen LogP contribution in [0.4, 0.5) is 14.9 Å². The number of urea groups is 1. The highest BCUT2D eigenvalue weighted by molar-refractivity contribution is 5.89. The molecule has 1 aromatic heterocycles. The first-order valence-corrected chi connectivity index (χ1v) is 8.79. The van der Waals surface area contributed by atoms with E-state index in [1.807, 2.05) is 12.3 Å². The van der Waals surface area contributed by atoms with Gasteiger partial charge < -0.3 is 20.5 Å². The second-order valence-corrected chi connectivity index (χ2v) is 6.02. The van der Waals surface area contributed by atoms with E-state index < -0.39 is 18.0 Å². The Hall–Kier alpha value is -3.39. The van der Waals surface area contributed by atoms with Gasteiger partial charge in [-0.1, -0.05) is 24.3 Å². The molecular formula is C20H21FN4O3. The van der Waals surface area contributed by atoms with Crippen molar-refractivity contribution < 1.29 is 19.0 Å². The number of anilines is 1. The zero-order chi connectivity index (χ0) is 19.8. The fraction of sp³-hybridized carbons (Fsp3) is 0.200. The number of nitrogens with one attached hydrogen (secondary N) is 2. The van der Waals surface area contributed by atoms with Crippen LogP contribution in [0, 0.1) is 5.82 Å². The van der Waals surface area contributed by atoms with Crippen LogP contribution in [0.3, 0.4) is 0 Å². The second-order valence-electron chi connectivity index (χ2n) is 6.02. The Morgan fingerprint density at radius 2 is 2.07 bits per heavy atom. The van der Waals surface area contributed by atoms with Gasteiger partial charge >= 0.3 is 6.03 Å². The SMILES string of the molecule is O=C(NCC(O)c1ccccc1F)Nc1cccc(OCCn2cccn2)c1. The van der Waals surface area contributed by atoms with Crippen LogP contribution >= 0.6 is 0 Å². The average Bonchev–Trinajstić information content (AvgIpc) is 3.20. The van der Waals surface area contributed by atoms with E-state index in [0.29, 0.717) is 24.6 Å². The Kier molecular flexibility index (Phi) is 6.59. The molecule has 7 nitrogen and oxygen atoms in total. The molecule has 0 aliphatic heterocycles. The highest BCUT2D eigenvalue weighted by atomic mass is 19.1. The van der Waals surface area contributed by atoms with E-state index in [9.17, 15) is 14.3 Å². The fourth-order valence-corrected chi connectivity index (χ4v) is 2.57. The van der Waals surface area contributed by atoms with Crippen molar-refractivity contribution in [2.75, 3.05) is 18.5 Å². The maximum Gasteiger partial charge on any atom is 0.319 e. The maximum atomic E-state index is 13.6. The minimum absolute atomic E-state index is 0.118. The number of aromatic nitrogens is 2. The summed E-state index contributed by atoms with van der Waals surface area (Å²) in [6.45, 7) is 0.929. The van der Waals surface area contributed by atoms with Crippen molar-refractivity contribution in [3.63, 3.8) is 0 Å². The lowest BCUT2D eigenvalue weighted by atomic mass is 10.1. The van der Waals surface area contributed by atoms with Gasteiger partial charge in [-0.3, -0.25) is 4.68 Å². The van der Waals surface area contributed by atoms with Crippen LogP contribution in [0.25, 0.3) is 0 Å². The van der Waals surface area contributed by atoms with Gasteiger partial charge in [0, 0.05) is 36.3 Å². The number of hydrogen-bond donors (Lipinski definition) is 3. The molecule has 3 N–H and O–H groups in total. The van der Waals surface area contributed by atoms with Crippen molar-refractivity contribution in [1.82, 2.24) is 15.1 Å². The Labute approximate surface area is 161 Å². The molecule has 3 aromatic rings. The molecule has 0 spiro atoms. The van der Waals surface area contributed by atoms with Gasteiger partial charge in [-0.05, 0) is 24.3 Å². The third-order valence-corrected chi connectivity index (χ3v) is 3.96. The molecule has 2 aromatic carbocycles. The Morgan fingerprint density at radius 1 is 1.21 bits per heavy atom. The normalized spacial score (nSPS) is 11.6. The number of hydrogen-bond acceptors (Lipinski definition) is 4. The molecule has 0 radical (unpaired) electrons. The molecule has 146 valence electrons. The third-order valence-electron chi connectivity index (χ3n) is 3.96. The minimum Gasteiger partial charge on any atom is -0.492 e. The van der Waals surface area contributed by atoms with Crippen LogP contribution in [0.2, 0.25) is 0 Å². The number of ether oxygens (including phenoxy) is 1. The lowest BCUT2D eigenvalue weighted by molar-refractivity contribution is 0.170. The van der Waals surface area contributed by atoms with Crippen molar-refractivity contribution in [1.29, 1.82) is 0 Å². The molecule has 0 saturated carbocycles. The number of aliphatic hydroxyl groups is 1. The predicted octanol–water partition coefficient (Wildman–Crippen LogP) is 2.96. The molecule has 1 unspecified atom stereocenters. The summed E-state index contributed by atoms with van der Waals surface area (Å²) < 4.78 is 21.1. The van der Waals surface area contributed by atoms with E-state index in [1.165, 1.54) is 18.2 Å². The van der Waals surface area contributed by atoms with E-state index in [0.717, 1.165) is 0 Å². The number of nitrogens with zero attached hydrogens (tertiary/aromatic N) is 2. The number of benzene rings is 2. The van der Waals surface area contributed by atoms with E-state index in [1.54, 1.807) is 41.2 Å². The lowest BCUT2D eigenvalue weighted by Gasteiger charge is -2.14. The number of halogens is 1. The summed E-state index contributed by atoms with van der Waals surface area (Å²) in [5.74, 6) is 0.0912. The summed E-state index contributed by atoms with van der Waals surface area (Å²) in [6, 6.07) is 14.2. The number of amides is 2. The van der Waals surface area contributed by atoms with Crippen LogP contribution in [0.15, 0.2) is 67.0 Å². The van der Waals surface area contributed by atoms with Crippen LogP contribution in [0.1, 0.15) is 11.7 Å². The summed E-state index contributed by atoms with van der Waals surface area (Å²) in [4.78, 5) is 12.0. The van der Waals surface area contributed by atoms with Crippen LogP contribution in [-0.4, -0.2) is 34.1 Å². The maximum absolute atomic E-state index is 13.6. The first kappa shape index (κ1) is 19.4. The summed E-state index contributed by atoms with van der Waals surface area (Å²) in [5.41, 5.74) is 0.671. The van der Waals surface area contributed by atoms with Gasteiger partial charge in [-0.15, -0.1) is 0 Å². The van der Waals surface area contributed by atoms with Crippen molar-refractivity contribution in [2.45, 2.75) is 12.6 Å². The standard InChI is InChI=1S/C20H21FN4O3/c21-18-8-2-1-7-17(18)19(26)14-22-20(27)24-15-5-3-6-16(13-15)28-12-11-25-10-4-9-23-25/h1-10,13,19,26H,11-12,14H2,(H2,22,24,27). The van der Waals surface area contributed by atoms with Crippen LogP contribution < -0.4 is 15.4 Å². The topological polar surface area (TPSA) is 88.4 Å². The molecule has 8 heteroatoms. The Balaban J connectivity index is 1.46. The smallest absolute Gasteiger partial charge is 0.319 e. The summed E-state index contributed by atoms with van der Waals surface area (Å²) in [6.07, 6.45) is 2.41. The van der Waals surface area contributed by atoms with E-state index in [4.69, 9.17) is 4.74 Å². The monoisotopic (exact) mass is 384 g/mol. The summed E-state index contributed by atoms with van der Waals surface area (Å²) in [5, 5.41) is 19.3. The Bertz CT molecular complexity index is 902. The van der Waals surface area contributed by atoms with Gasteiger partial charge in [0.25, 0.3) is 0 Å².